The number of non-ortho nitro benzene ring substituents is 1. The van der Waals surface area contributed by atoms with Gasteiger partial charge in [-0.05, 0) is 42.8 Å². The summed E-state index contributed by atoms with van der Waals surface area (Å²) in [5.74, 6) is 0.263. The molecule has 0 saturated carbocycles. The predicted octanol–water partition coefficient (Wildman–Crippen LogP) is 5.37. The van der Waals surface area contributed by atoms with Crippen LogP contribution in [-0.2, 0) is 4.79 Å². The number of hydrogen-bond donors (Lipinski definition) is 1. The van der Waals surface area contributed by atoms with E-state index in [0.717, 1.165) is 0 Å². The number of nitriles is 1. The van der Waals surface area contributed by atoms with E-state index in [0.29, 0.717) is 27.6 Å². The van der Waals surface area contributed by atoms with Crippen LogP contribution >= 0.6 is 11.6 Å². The Morgan fingerprint density at radius 2 is 2.06 bits per heavy atom. The molecule has 0 unspecified atom stereocenters. The molecule has 3 aromatic rings. The average Bonchev–Trinajstić information content (AvgIpc) is 3.23. The molecule has 9 heteroatoms. The first-order chi connectivity index (χ1) is 14.8. The van der Waals surface area contributed by atoms with Crippen molar-refractivity contribution < 1.29 is 18.9 Å². The van der Waals surface area contributed by atoms with E-state index in [2.05, 4.69) is 5.32 Å². The molecule has 0 fully saturated rings. The molecule has 8 nitrogen and oxygen atoms in total. The van der Waals surface area contributed by atoms with Gasteiger partial charge in [-0.15, -0.1) is 0 Å². The summed E-state index contributed by atoms with van der Waals surface area (Å²) >= 11 is 6.06. The van der Waals surface area contributed by atoms with Crippen molar-refractivity contribution in [3.8, 4) is 23.1 Å². The number of benzene rings is 2. The van der Waals surface area contributed by atoms with E-state index in [1.807, 2.05) is 6.07 Å². The maximum absolute atomic E-state index is 12.5. The maximum atomic E-state index is 12.5. The zero-order valence-corrected chi connectivity index (χ0v) is 17.3. The highest BCUT2D eigenvalue weighted by Gasteiger charge is 2.17. The number of nitrogens with zero attached hydrogens (tertiary/aromatic N) is 2. The summed E-state index contributed by atoms with van der Waals surface area (Å²) in [7, 11) is 1.39. The number of amides is 1. The summed E-state index contributed by atoms with van der Waals surface area (Å²) in [6.45, 7) is 1.75. The summed E-state index contributed by atoms with van der Waals surface area (Å²) in [5.41, 5.74) is 1.38. The third-order valence-corrected chi connectivity index (χ3v) is 4.87. The number of nitro benzene ring substituents is 1. The number of hydrogen-bond acceptors (Lipinski definition) is 6. The Labute approximate surface area is 182 Å². The lowest BCUT2D eigenvalue weighted by Crippen LogP contribution is -2.14. The Bertz CT molecular complexity index is 1240. The number of carbonyl (C=O) groups excluding carboxylic acids is 1. The molecule has 0 bridgehead atoms. The van der Waals surface area contributed by atoms with Crippen molar-refractivity contribution in [1.29, 1.82) is 5.26 Å². The third kappa shape index (κ3) is 4.74. The molecule has 0 aliphatic rings. The molecule has 0 spiro atoms. The van der Waals surface area contributed by atoms with E-state index >= 15 is 0 Å². The van der Waals surface area contributed by atoms with Gasteiger partial charge in [0.15, 0.2) is 0 Å². The molecule has 0 aliphatic carbocycles. The minimum Gasteiger partial charge on any atom is -0.496 e. The molecule has 1 N–H and O–H groups in total. The number of nitro groups is 1. The summed E-state index contributed by atoms with van der Waals surface area (Å²) in [5, 5.41) is 23.5. The molecule has 1 amide bonds. The van der Waals surface area contributed by atoms with Crippen LogP contribution in [0.2, 0.25) is 5.02 Å². The molecule has 156 valence electrons. The van der Waals surface area contributed by atoms with Gasteiger partial charge in [-0.25, -0.2) is 0 Å². The van der Waals surface area contributed by atoms with Crippen LogP contribution in [0.15, 0.2) is 58.5 Å². The van der Waals surface area contributed by atoms with Crippen molar-refractivity contribution in [2.24, 2.45) is 0 Å². The highest BCUT2D eigenvalue weighted by molar-refractivity contribution is 6.31. The Hall–Kier alpha value is -4.09. The number of ether oxygens (including phenoxy) is 1. The van der Waals surface area contributed by atoms with Crippen LogP contribution in [0.3, 0.4) is 0 Å². The van der Waals surface area contributed by atoms with Crippen molar-refractivity contribution in [1.82, 2.24) is 0 Å². The largest absolute Gasteiger partial charge is 0.496 e. The number of methoxy groups -OCH3 is 1. The number of nitrogens with one attached hydrogen (secondary N) is 1. The van der Waals surface area contributed by atoms with Crippen LogP contribution < -0.4 is 10.1 Å². The van der Waals surface area contributed by atoms with Gasteiger partial charge in [0.2, 0.25) is 0 Å². The van der Waals surface area contributed by atoms with Gasteiger partial charge < -0.3 is 14.5 Å². The van der Waals surface area contributed by atoms with Crippen LogP contribution in [0.5, 0.6) is 5.75 Å². The normalized spacial score (nSPS) is 11.0. The van der Waals surface area contributed by atoms with Gasteiger partial charge in [0.1, 0.15) is 28.9 Å². The quantitative estimate of drug-likeness (QED) is 0.239. The van der Waals surface area contributed by atoms with E-state index in [4.69, 9.17) is 20.8 Å². The van der Waals surface area contributed by atoms with Crippen LogP contribution in [0.25, 0.3) is 17.4 Å². The van der Waals surface area contributed by atoms with E-state index in [9.17, 15) is 20.2 Å². The standard InChI is InChI=1S/C22H16ClN3O5/c1-13-18(23)4-3-5-19(13)25-22(27)14(12-24)10-16-7-9-20(31-16)17-8-6-15(26(28)29)11-21(17)30-2/h3-11H,1-2H3,(H,25,27)/b14-10-. The van der Waals surface area contributed by atoms with Crippen molar-refractivity contribution in [2.75, 3.05) is 12.4 Å². The number of anilines is 1. The second-order valence-corrected chi connectivity index (χ2v) is 6.79. The van der Waals surface area contributed by atoms with Crippen LogP contribution in [0.1, 0.15) is 11.3 Å². The van der Waals surface area contributed by atoms with E-state index in [-0.39, 0.29) is 22.8 Å². The van der Waals surface area contributed by atoms with Crippen molar-refractivity contribution in [3.05, 3.63) is 80.6 Å². The molecule has 2 aromatic carbocycles. The Kier molecular flexibility index (Phi) is 6.38. The van der Waals surface area contributed by atoms with Crippen molar-refractivity contribution in [3.63, 3.8) is 0 Å². The zero-order valence-electron chi connectivity index (χ0n) is 16.5. The topological polar surface area (TPSA) is 118 Å². The molecule has 31 heavy (non-hydrogen) atoms. The Morgan fingerprint density at radius 3 is 2.74 bits per heavy atom. The van der Waals surface area contributed by atoms with Crippen LogP contribution in [-0.4, -0.2) is 17.9 Å². The highest BCUT2D eigenvalue weighted by Crippen LogP contribution is 2.34. The molecule has 3 rings (SSSR count). The first-order valence-electron chi connectivity index (χ1n) is 8.95. The maximum Gasteiger partial charge on any atom is 0.273 e. The van der Waals surface area contributed by atoms with E-state index in [1.165, 1.54) is 31.4 Å². The van der Waals surface area contributed by atoms with Gasteiger partial charge in [-0.2, -0.15) is 5.26 Å². The second-order valence-electron chi connectivity index (χ2n) is 6.38. The molecular formula is C22H16ClN3O5. The van der Waals surface area contributed by atoms with Gasteiger partial charge in [0.25, 0.3) is 11.6 Å². The van der Waals surface area contributed by atoms with Gasteiger partial charge in [0.05, 0.1) is 23.7 Å². The molecule has 1 heterocycles. The molecule has 0 atom stereocenters. The first-order valence-corrected chi connectivity index (χ1v) is 9.32. The second kappa shape index (κ2) is 9.15. The summed E-state index contributed by atoms with van der Waals surface area (Å²) < 4.78 is 10.9. The zero-order chi connectivity index (χ0) is 22.5. The summed E-state index contributed by atoms with van der Waals surface area (Å²) in [4.78, 5) is 22.9. The molecule has 0 radical (unpaired) electrons. The smallest absolute Gasteiger partial charge is 0.273 e. The van der Waals surface area contributed by atoms with E-state index in [1.54, 1.807) is 37.3 Å². The third-order valence-electron chi connectivity index (χ3n) is 4.46. The lowest BCUT2D eigenvalue weighted by atomic mass is 10.1. The molecular weight excluding hydrogens is 422 g/mol. The van der Waals surface area contributed by atoms with Crippen LogP contribution in [0.4, 0.5) is 11.4 Å². The number of furan rings is 1. The first kappa shape index (κ1) is 21.6. The number of carbonyl (C=O) groups is 1. The van der Waals surface area contributed by atoms with Gasteiger partial charge in [-0.3, -0.25) is 14.9 Å². The minimum absolute atomic E-state index is 0.118. The SMILES string of the molecule is COc1cc([N+](=O)[O-])ccc1-c1ccc(/C=C(/C#N)C(=O)Nc2cccc(Cl)c2C)o1. The lowest BCUT2D eigenvalue weighted by Gasteiger charge is -2.08. The fraction of sp³-hybridized carbons (Fsp3) is 0.0909. The fourth-order valence-electron chi connectivity index (χ4n) is 2.80. The lowest BCUT2D eigenvalue weighted by molar-refractivity contribution is -0.384. The Balaban J connectivity index is 1.87. The van der Waals surface area contributed by atoms with Gasteiger partial charge in [0, 0.05) is 22.9 Å². The van der Waals surface area contributed by atoms with Gasteiger partial charge in [-0.1, -0.05) is 17.7 Å². The van der Waals surface area contributed by atoms with Crippen molar-refractivity contribution in [2.45, 2.75) is 6.92 Å². The summed E-state index contributed by atoms with van der Waals surface area (Å²) in [6.07, 6.45) is 1.30. The van der Waals surface area contributed by atoms with Crippen molar-refractivity contribution >= 4 is 35.0 Å². The van der Waals surface area contributed by atoms with Gasteiger partial charge >= 0.3 is 0 Å². The molecule has 0 aliphatic heterocycles. The number of rotatable bonds is 6. The number of halogens is 1. The highest BCUT2D eigenvalue weighted by atomic mass is 35.5. The molecule has 1 aromatic heterocycles. The Morgan fingerprint density at radius 1 is 1.29 bits per heavy atom. The monoisotopic (exact) mass is 437 g/mol. The predicted molar refractivity (Wildman–Crippen MR) is 116 cm³/mol. The minimum atomic E-state index is -0.612. The van der Waals surface area contributed by atoms with E-state index < -0.39 is 10.8 Å². The van der Waals surface area contributed by atoms with Crippen LogP contribution in [0, 0.1) is 28.4 Å². The fourth-order valence-corrected chi connectivity index (χ4v) is 2.97. The average molecular weight is 438 g/mol. The molecule has 0 saturated heterocycles. The summed E-state index contributed by atoms with van der Waals surface area (Å²) in [6, 6.07) is 14.2.